The van der Waals surface area contributed by atoms with E-state index < -0.39 is 0 Å². The lowest BCUT2D eigenvalue weighted by Gasteiger charge is -2.06. The molecule has 0 unspecified atom stereocenters. The van der Waals surface area contributed by atoms with Gasteiger partial charge in [-0.3, -0.25) is 4.68 Å². The van der Waals surface area contributed by atoms with Crippen LogP contribution in [0.15, 0.2) is 28.9 Å². The summed E-state index contributed by atoms with van der Waals surface area (Å²) in [5.41, 5.74) is 5.05. The Balaban J connectivity index is 1.94. The summed E-state index contributed by atoms with van der Waals surface area (Å²) < 4.78 is 3.05. The maximum atomic E-state index is 4.45. The molecule has 0 spiro atoms. The Morgan fingerprint density at radius 2 is 2.11 bits per heavy atom. The van der Waals surface area contributed by atoms with Gasteiger partial charge < -0.3 is 5.32 Å². The first-order chi connectivity index (χ1) is 9.10. The van der Waals surface area contributed by atoms with Crippen molar-refractivity contribution in [3.8, 4) is 0 Å². The van der Waals surface area contributed by atoms with E-state index >= 15 is 0 Å². The normalized spacial score (nSPS) is 10.9. The van der Waals surface area contributed by atoms with E-state index in [4.69, 9.17) is 0 Å². The van der Waals surface area contributed by atoms with Crippen LogP contribution < -0.4 is 5.32 Å². The Hall–Kier alpha value is -1.13. The van der Waals surface area contributed by atoms with Crippen molar-refractivity contribution in [3.63, 3.8) is 0 Å². The van der Waals surface area contributed by atoms with Crippen LogP contribution >= 0.6 is 15.9 Å². The monoisotopic (exact) mass is 321 g/mol. The Bertz CT molecular complexity index is 561. The van der Waals surface area contributed by atoms with Crippen LogP contribution in [0.5, 0.6) is 0 Å². The first-order valence-electron chi connectivity index (χ1n) is 6.57. The highest BCUT2D eigenvalue weighted by atomic mass is 79.9. The molecule has 0 amide bonds. The lowest BCUT2D eigenvalue weighted by atomic mass is 10.1. The molecule has 0 aliphatic carbocycles. The van der Waals surface area contributed by atoms with Gasteiger partial charge in [-0.15, -0.1) is 0 Å². The summed E-state index contributed by atoms with van der Waals surface area (Å²) in [6.45, 7) is 6.01. The number of halogens is 1. The molecule has 0 fully saturated rings. The van der Waals surface area contributed by atoms with Crippen molar-refractivity contribution in [1.29, 1.82) is 0 Å². The minimum atomic E-state index is 0.867. The van der Waals surface area contributed by atoms with E-state index in [-0.39, 0.29) is 0 Å². The summed E-state index contributed by atoms with van der Waals surface area (Å²) >= 11 is 3.52. The fourth-order valence-electron chi connectivity index (χ4n) is 2.19. The fourth-order valence-corrected chi connectivity index (χ4v) is 2.43. The number of nitrogens with zero attached hydrogens (tertiary/aromatic N) is 2. The summed E-state index contributed by atoms with van der Waals surface area (Å²) in [6.07, 6.45) is 3.08. The summed E-state index contributed by atoms with van der Waals surface area (Å²) in [7, 11) is 1.97. The first kappa shape index (κ1) is 14.3. The molecule has 19 heavy (non-hydrogen) atoms. The third-order valence-corrected chi connectivity index (χ3v) is 4.08. The molecule has 0 saturated carbocycles. The van der Waals surface area contributed by atoms with Crippen LogP contribution in [-0.4, -0.2) is 9.78 Å². The van der Waals surface area contributed by atoms with Gasteiger partial charge in [0, 0.05) is 36.4 Å². The molecule has 4 heteroatoms. The zero-order valence-electron chi connectivity index (χ0n) is 11.7. The molecule has 1 aromatic heterocycles. The standard InChI is InChI=1S/C15H20BrN3/c1-4-15-13(10-19(3)18-15)9-17-8-12-5-6-14(16)11(2)7-12/h5-7,10,17H,4,8-9H2,1-3H3. The number of rotatable bonds is 5. The molecule has 0 atom stereocenters. The van der Waals surface area contributed by atoms with Crippen LogP contribution in [0.3, 0.4) is 0 Å². The highest BCUT2D eigenvalue weighted by Gasteiger charge is 2.05. The van der Waals surface area contributed by atoms with Gasteiger partial charge in [0.15, 0.2) is 0 Å². The molecule has 1 N–H and O–H groups in total. The van der Waals surface area contributed by atoms with E-state index in [9.17, 15) is 0 Å². The number of hydrogen-bond acceptors (Lipinski definition) is 2. The van der Waals surface area contributed by atoms with Crippen molar-refractivity contribution >= 4 is 15.9 Å². The zero-order valence-corrected chi connectivity index (χ0v) is 13.3. The van der Waals surface area contributed by atoms with Gasteiger partial charge in [-0.25, -0.2) is 0 Å². The topological polar surface area (TPSA) is 29.9 Å². The minimum absolute atomic E-state index is 0.867. The van der Waals surface area contributed by atoms with E-state index in [2.05, 4.69) is 64.6 Å². The van der Waals surface area contributed by atoms with Crippen molar-refractivity contribution in [2.45, 2.75) is 33.4 Å². The first-order valence-corrected chi connectivity index (χ1v) is 7.36. The van der Waals surface area contributed by atoms with Gasteiger partial charge in [-0.05, 0) is 30.5 Å². The highest BCUT2D eigenvalue weighted by molar-refractivity contribution is 9.10. The van der Waals surface area contributed by atoms with Gasteiger partial charge in [0.25, 0.3) is 0 Å². The molecule has 1 heterocycles. The van der Waals surface area contributed by atoms with Crippen LogP contribution in [-0.2, 0) is 26.6 Å². The minimum Gasteiger partial charge on any atom is -0.308 e. The van der Waals surface area contributed by atoms with Crippen LogP contribution in [0.1, 0.15) is 29.3 Å². The average Bonchev–Trinajstić information content (AvgIpc) is 2.74. The molecule has 0 bridgehead atoms. The molecular formula is C15H20BrN3. The second kappa shape index (κ2) is 6.35. The van der Waals surface area contributed by atoms with E-state index in [0.29, 0.717) is 0 Å². The third-order valence-electron chi connectivity index (χ3n) is 3.19. The van der Waals surface area contributed by atoms with Crippen molar-refractivity contribution in [2.24, 2.45) is 7.05 Å². The average molecular weight is 322 g/mol. The van der Waals surface area contributed by atoms with Crippen molar-refractivity contribution in [2.75, 3.05) is 0 Å². The summed E-state index contributed by atoms with van der Waals surface area (Å²) in [6, 6.07) is 6.46. The Morgan fingerprint density at radius 3 is 2.79 bits per heavy atom. The predicted molar refractivity (Wildman–Crippen MR) is 82.0 cm³/mol. The predicted octanol–water partition coefficient (Wildman–Crippen LogP) is 3.34. The molecule has 2 aromatic rings. The van der Waals surface area contributed by atoms with Gasteiger partial charge in [0.05, 0.1) is 5.69 Å². The zero-order chi connectivity index (χ0) is 13.8. The van der Waals surface area contributed by atoms with Gasteiger partial charge in [0.1, 0.15) is 0 Å². The van der Waals surface area contributed by atoms with Gasteiger partial charge in [0.2, 0.25) is 0 Å². The molecule has 0 aliphatic rings. The fraction of sp³-hybridized carbons (Fsp3) is 0.400. The molecule has 0 aliphatic heterocycles. The largest absolute Gasteiger partial charge is 0.308 e. The Labute approximate surface area is 123 Å². The van der Waals surface area contributed by atoms with Gasteiger partial charge in [-0.2, -0.15) is 5.10 Å². The van der Waals surface area contributed by atoms with Crippen molar-refractivity contribution in [3.05, 3.63) is 51.3 Å². The number of aromatic nitrogens is 2. The van der Waals surface area contributed by atoms with E-state index in [1.807, 2.05) is 11.7 Å². The second-order valence-electron chi connectivity index (χ2n) is 4.82. The molecule has 102 valence electrons. The van der Waals surface area contributed by atoms with E-state index in [1.165, 1.54) is 22.4 Å². The lowest BCUT2D eigenvalue weighted by Crippen LogP contribution is -2.13. The van der Waals surface area contributed by atoms with Crippen LogP contribution in [0.2, 0.25) is 0 Å². The molecule has 0 saturated heterocycles. The van der Waals surface area contributed by atoms with Crippen LogP contribution in [0.25, 0.3) is 0 Å². The smallest absolute Gasteiger partial charge is 0.0666 e. The maximum Gasteiger partial charge on any atom is 0.0666 e. The van der Waals surface area contributed by atoms with Crippen LogP contribution in [0, 0.1) is 6.92 Å². The van der Waals surface area contributed by atoms with E-state index in [1.54, 1.807) is 0 Å². The third kappa shape index (κ3) is 3.67. The molecule has 3 nitrogen and oxygen atoms in total. The molecule has 1 aromatic carbocycles. The van der Waals surface area contributed by atoms with Gasteiger partial charge >= 0.3 is 0 Å². The SMILES string of the molecule is CCc1nn(C)cc1CNCc1ccc(Br)c(C)c1. The summed E-state index contributed by atoms with van der Waals surface area (Å²) in [4.78, 5) is 0. The highest BCUT2D eigenvalue weighted by Crippen LogP contribution is 2.17. The van der Waals surface area contributed by atoms with Crippen molar-refractivity contribution in [1.82, 2.24) is 15.1 Å². The van der Waals surface area contributed by atoms with Gasteiger partial charge in [-0.1, -0.05) is 35.0 Å². The molecular weight excluding hydrogens is 302 g/mol. The number of hydrogen-bond donors (Lipinski definition) is 1. The number of nitrogens with one attached hydrogen (secondary N) is 1. The summed E-state index contributed by atoms with van der Waals surface area (Å²) in [5, 5.41) is 7.94. The second-order valence-corrected chi connectivity index (χ2v) is 5.67. The maximum absolute atomic E-state index is 4.45. The van der Waals surface area contributed by atoms with Crippen molar-refractivity contribution < 1.29 is 0 Å². The number of benzene rings is 1. The Morgan fingerprint density at radius 1 is 1.32 bits per heavy atom. The lowest BCUT2D eigenvalue weighted by molar-refractivity contribution is 0.687. The quantitative estimate of drug-likeness (QED) is 0.915. The molecule has 0 radical (unpaired) electrons. The summed E-state index contributed by atoms with van der Waals surface area (Å²) in [5.74, 6) is 0. The molecule has 2 rings (SSSR count). The number of aryl methyl sites for hydroxylation is 3. The van der Waals surface area contributed by atoms with E-state index in [0.717, 1.165) is 24.0 Å². The van der Waals surface area contributed by atoms with Crippen LogP contribution in [0.4, 0.5) is 0 Å². The Kier molecular flexibility index (Phi) is 4.77.